The summed E-state index contributed by atoms with van der Waals surface area (Å²) >= 11 is 0. The van der Waals surface area contributed by atoms with Crippen LogP contribution in [0.3, 0.4) is 0 Å². The van der Waals surface area contributed by atoms with Crippen LogP contribution < -0.4 is 4.90 Å². The lowest BCUT2D eigenvalue weighted by Gasteiger charge is -2.17. The molecule has 0 amide bonds. The number of likely N-dealkylation sites (N-methyl/N-ethyl adjacent to an activating group) is 1. The molecule has 3 aromatic carbocycles. The summed E-state index contributed by atoms with van der Waals surface area (Å²) in [5.74, 6) is -0.171. The zero-order chi connectivity index (χ0) is 20.5. The van der Waals surface area contributed by atoms with Crippen molar-refractivity contribution < 1.29 is 9.90 Å². The summed E-state index contributed by atoms with van der Waals surface area (Å²) in [4.78, 5) is 14.9. The van der Waals surface area contributed by atoms with Crippen molar-refractivity contribution in [1.82, 2.24) is 0 Å². The molecule has 3 aromatic rings. The molecule has 0 atom stereocenters. The number of Topliss-reactive ketones (excluding diaryl/α,β-unsaturated/α-hetero) is 1. The minimum Gasteiger partial charge on any atom is -0.395 e. The van der Waals surface area contributed by atoms with Gasteiger partial charge in [0.1, 0.15) is 5.71 Å². The van der Waals surface area contributed by atoms with Crippen molar-refractivity contribution in [2.75, 3.05) is 25.1 Å². The van der Waals surface area contributed by atoms with E-state index in [2.05, 4.69) is 10.2 Å². The molecule has 0 spiro atoms. The van der Waals surface area contributed by atoms with E-state index in [0.717, 1.165) is 16.8 Å². The number of nitrogens with zero attached hydrogens (tertiary/aromatic N) is 3. The van der Waals surface area contributed by atoms with Crippen LogP contribution in [0.15, 0.2) is 95.1 Å². The van der Waals surface area contributed by atoms with Gasteiger partial charge in [-0.05, 0) is 17.7 Å². The number of ketones is 1. The lowest BCUT2D eigenvalue weighted by atomic mass is 10.0. The molecular formula is C24H23N3O2. The van der Waals surface area contributed by atoms with Gasteiger partial charge < -0.3 is 10.0 Å². The number of rotatable bonds is 8. The molecule has 0 heterocycles. The van der Waals surface area contributed by atoms with Crippen molar-refractivity contribution in [3.05, 3.63) is 102 Å². The van der Waals surface area contributed by atoms with Gasteiger partial charge in [0, 0.05) is 30.4 Å². The van der Waals surface area contributed by atoms with Crippen LogP contribution in [0, 0.1) is 0 Å². The van der Waals surface area contributed by atoms with E-state index < -0.39 is 0 Å². The van der Waals surface area contributed by atoms with E-state index in [-0.39, 0.29) is 12.4 Å². The van der Waals surface area contributed by atoms with E-state index >= 15 is 0 Å². The first-order valence-electron chi connectivity index (χ1n) is 9.37. The maximum Gasteiger partial charge on any atom is 0.213 e. The van der Waals surface area contributed by atoms with Crippen LogP contribution in [0.4, 0.5) is 5.69 Å². The van der Waals surface area contributed by atoms with Crippen LogP contribution >= 0.6 is 0 Å². The minimum atomic E-state index is -0.171. The average molecular weight is 385 g/mol. The molecule has 0 saturated heterocycles. The van der Waals surface area contributed by atoms with Crippen LogP contribution in [0.5, 0.6) is 0 Å². The van der Waals surface area contributed by atoms with E-state index in [1.54, 1.807) is 18.3 Å². The van der Waals surface area contributed by atoms with Crippen LogP contribution in [0.1, 0.15) is 21.5 Å². The lowest BCUT2D eigenvalue weighted by Crippen LogP contribution is -2.20. The van der Waals surface area contributed by atoms with Crippen molar-refractivity contribution in [3.63, 3.8) is 0 Å². The fourth-order valence-corrected chi connectivity index (χ4v) is 2.80. The number of carbonyl (C=O) groups is 1. The Hall–Kier alpha value is -3.57. The van der Waals surface area contributed by atoms with Gasteiger partial charge in [-0.25, -0.2) is 0 Å². The second-order valence-corrected chi connectivity index (χ2v) is 6.49. The summed E-state index contributed by atoms with van der Waals surface area (Å²) in [5.41, 5.74) is 3.46. The highest BCUT2D eigenvalue weighted by Gasteiger charge is 2.15. The molecule has 0 unspecified atom stereocenters. The van der Waals surface area contributed by atoms with E-state index in [9.17, 15) is 4.79 Å². The zero-order valence-electron chi connectivity index (χ0n) is 16.3. The average Bonchev–Trinajstić information content (AvgIpc) is 2.78. The van der Waals surface area contributed by atoms with Crippen molar-refractivity contribution >= 4 is 23.4 Å². The Kier molecular flexibility index (Phi) is 7.03. The van der Waals surface area contributed by atoms with Gasteiger partial charge in [0.25, 0.3) is 0 Å². The SMILES string of the molecule is CN(CCO)c1ccc(C=NN=C(C(=O)c2ccccc2)c2ccccc2)cc1. The van der Waals surface area contributed by atoms with Gasteiger partial charge in [-0.1, -0.05) is 72.8 Å². The minimum absolute atomic E-state index is 0.103. The molecule has 0 aliphatic carbocycles. The van der Waals surface area contributed by atoms with E-state index in [1.807, 2.05) is 84.7 Å². The Balaban J connectivity index is 1.84. The number of benzene rings is 3. The third kappa shape index (κ3) is 5.46. The predicted molar refractivity (Wildman–Crippen MR) is 118 cm³/mol. The normalized spacial score (nSPS) is 11.6. The Morgan fingerprint density at radius 3 is 2.07 bits per heavy atom. The summed E-state index contributed by atoms with van der Waals surface area (Å²) in [6.07, 6.45) is 1.62. The summed E-state index contributed by atoms with van der Waals surface area (Å²) in [6.45, 7) is 0.673. The molecule has 0 aliphatic heterocycles. The molecule has 1 N–H and O–H groups in total. The summed E-state index contributed by atoms with van der Waals surface area (Å²) in [5, 5.41) is 17.4. The molecule has 5 nitrogen and oxygen atoms in total. The Bertz CT molecular complexity index is 982. The van der Waals surface area contributed by atoms with Crippen molar-refractivity contribution in [1.29, 1.82) is 0 Å². The maximum absolute atomic E-state index is 12.9. The first kappa shape index (κ1) is 20.2. The highest BCUT2D eigenvalue weighted by molar-refractivity contribution is 6.51. The van der Waals surface area contributed by atoms with Crippen LogP contribution in [-0.2, 0) is 0 Å². The van der Waals surface area contributed by atoms with E-state index in [0.29, 0.717) is 17.8 Å². The summed E-state index contributed by atoms with van der Waals surface area (Å²) in [7, 11) is 1.92. The van der Waals surface area contributed by atoms with Crippen LogP contribution in [0.25, 0.3) is 0 Å². The molecular weight excluding hydrogens is 362 g/mol. The highest BCUT2D eigenvalue weighted by atomic mass is 16.3. The monoisotopic (exact) mass is 385 g/mol. The second kappa shape index (κ2) is 10.1. The molecule has 0 fully saturated rings. The molecule has 0 aromatic heterocycles. The van der Waals surface area contributed by atoms with Gasteiger partial charge in [-0.15, -0.1) is 5.10 Å². The van der Waals surface area contributed by atoms with Gasteiger partial charge in [0.15, 0.2) is 0 Å². The number of anilines is 1. The topological polar surface area (TPSA) is 65.3 Å². The van der Waals surface area contributed by atoms with E-state index in [1.165, 1.54) is 0 Å². The van der Waals surface area contributed by atoms with Gasteiger partial charge in [0.2, 0.25) is 5.78 Å². The molecule has 5 heteroatoms. The number of aliphatic hydroxyl groups is 1. The smallest absolute Gasteiger partial charge is 0.213 e. The lowest BCUT2D eigenvalue weighted by molar-refractivity contribution is 0.106. The standard InChI is InChI=1S/C24H23N3O2/c1-27(16-17-28)22-14-12-19(13-15-22)18-25-26-23(20-8-4-2-5-9-20)24(29)21-10-6-3-7-11-21/h2-15,18,28H,16-17H2,1H3. The largest absolute Gasteiger partial charge is 0.395 e. The van der Waals surface area contributed by atoms with E-state index in [4.69, 9.17) is 5.11 Å². The predicted octanol–water partition coefficient (Wildman–Crippen LogP) is 3.82. The molecule has 0 aliphatic rings. The van der Waals surface area contributed by atoms with Gasteiger partial charge >= 0.3 is 0 Å². The Morgan fingerprint density at radius 2 is 1.48 bits per heavy atom. The number of hydrogen-bond donors (Lipinski definition) is 1. The Labute approximate surface area is 170 Å². The molecule has 0 saturated carbocycles. The molecule has 29 heavy (non-hydrogen) atoms. The van der Waals surface area contributed by atoms with Crippen LogP contribution in [-0.4, -0.2) is 43.0 Å². The number of carbonyl (C=O) groups excluding carboxylic acids is 1. The number of aliphatic hydroxyl groups excluding tert-OH is 1. The van der Waals surface area contributed by atoms with Crippen molar-refractivity contribution in [3.8, 4) is 0 Å². The molecule has 146 valence electrons. The second-order valence-electron chi connectivity index (χ2n) is 6.49. The fraction of sp³-hybridized carbons (Fsp3) is 0.125. The Morgan fingerprint density at radius 1 is 0.897 bits per heavy atom. The molecule has 0 bridgehead atoms. The summed E-state index contributed by atoms with van der Waals surface area (Å²) < 4.78 is 0. The molecule has 0 radical (unpaired) electrons. The third-order valence-electron chi connectivity index (χ3n) is 4.43. The van der Waals surface area contributed by atoms with Gasteiger partial charge in [0.05, 0.1) is 12.8 Å². The molecule has 3 rings (SSSR count). The van der Waals surface area contributed by atoms with Gasteiger partial charge in [-0.3, -0.25) is 4.79 Å². The van der Waals surface area contributed by atoms with Crippen LogP contribution in [0.2, 0.25) is 0 Å². The first-order valence-corrected chi connectivity index (χ1v) is 9.37. The first-order chi connectivity index (χ1) is 14.2. The summed E-state index contributed by atoms with van der Waals surface area (Å²) in [6, 6.07) is 26.1. The maximum atomic E-state index is 12.9. The zero-order valence-corrected chi connectivity index (χ0v) is 16.3. The third-order valence-corrected chi connectivity index (χ3v) is 4.43. The van der Waals surface area contributed by atoms with Crippen molar-refractivity contribution in [2.24, 2.45) is 10.2 Å². The van der Waals surface area contributed by atoms with Crippen molar-refractivity contribution in [2.45, 2.75) is 0 Å². The highest BCUT2D eigenvalue weighted by Crippen LogP contribution is 2.13. The van der Waals surface area contributed by atoms with Gasteiger partial charge in [-0.2, -0.15) is 5.10 Å². The fourth-order valence-electron chi connectivity index (χ4n) is 2.80. The quantitative estimate of drug-likeness (QED) is 0.364. The number of hydrogen-bond acceptors (Lipinski definition) is 5.